The molecule has 0 atom stereocenters. The molecule has 3 aromatic rings. The second-order valence-electron chi connectivity index (χ2n) is 9.08. The lowest BCUT2D eigenvalue weighted by Gasteiger charge is -2.27. The molecule has 2 aromatic heterocycles. The Hall–Kier alpha value is -2.55. The maximum absolute atomic E-state index is 13.2. The number of carbonyl (C=O) groups is 1. The lowest BCUT2D eigenvalue weighted by Crippen LogP contribution is -2.39. The van der Waals surface area contributed by atoms with Crippen LogP contribution in [0, 0.1) is 5.82 Å². The zero-order valence-electron chi connectivity index (χ0n) is 18.2. The number of amides is 1. The number of aromatic nitrogens is 2. The summed E-state index contributed by atoms with van der Waals surface area (Å²) in [6.45, 7) is 8.68. The van der Waals surface area contributed by atoms with Gasteiger partial charge in [-0.05, 0) is 41.8 Å². The van der Waals surface area contributed by atoms with Crippen LogP contribution in [0.25, 0.3) is 10.9 Å². The van der Waals surface area contributed by atoms with Crippen molar-refractivity contribution < 1.29 is 18.8 Å². The molecule has 164 valence electrons. The second kappa shape index (κ2) is 8.90. The standard InChI is InChI=1S/C23H28FN3O3Si/c1-31(2,3)13-12-29-16-30-27-11-9-20-19-8-10-26(15-17-4-6-18(24)7-5-17)21(19)14-25-22(20)23(27)28/h4-8,10,14H,9,11-13,15-16H2,1-3H3. The average Bonchev–Trinajstić information content (AvgIpc) is 3.13. The van der Waals surface area contributed by atoms with Gasteiger partial charge in [-0.25, -0.2) is 19.3 Å². The van der Waals surface area contributed by atoms with Crippen LogP contribution in [-0.4, -0.2) is 48.5 Å². The van der Waals surface area contributed by atoms with Gasteiger partial charge in [-0.15, -0.1) is 0 Å². The normalized spacial score (nSPS) is 14.3. The molecule has 0 bridgehead atoms. The molecule has 0 radical (unpaired) electrons. The molecule has 1 aliphatic rings. The largest absolute Gasteiger partial charge is 0.353 e. The Balaban J connectivity index is 1.44. The van der Waals surface area contributed by atoms with E-state index in [1.807, 2.05) is 12.3 Å². The number of fused-ring (bicyclic) bond motifs is 3. The predicted octanol–water partition coefficient (Wildman–Crippen LogP) is 4.47. The number of halogens is 1. The van der Waals surface area contributed by atoms with Crippen molar-refractivity contribution in [2.45, 2.75) is 38.7 Å². The van der Waals surface area contributed by atoms with Crippen molar-refractivity contribution in [1.29, 1.82) is 0 Å². The van der Waals surface area contributed by atoms with Crippen molar-refractivity contribution in [3.05, 3.63) is 65.4 Å². The Morgan fingerprint density at radius 3 is 2.68 bits per heavy atom. The van der Waals surface area contributed by atoms with Gasteiger partial charge in [-0.1, -0.05) is 31.8 Å². The van der Waals surface area contributed by atoms with Crippen LogP contribution in [0.3, 0.4) is 0 Å². The number of ether oxygens (including phenoxy) is 1. The lowest BCUT2D eigenvalue weighted by molar-refractivity contribution is -0.195. The summed E-state index contributed by atoms with van der Waals surface area (Å²) in [5.74, 6) is -0.480. The van der Waals surface area contributed by atoms with E-state index in [1.54, 1.807) is 18.3 Å². The highest BCUT2D eigenvalue weighted by Gasteiger charge is 2.29. The van der Waals surface area contributed by atoms with Gasteiger partial charge >= 0.3 is 0 Å². The van der Waals surface area contributed by atoms with Gasteiger partial charge < -0.3 is 9.30 Å². The van der Waals surface area contributed by atoms with Crippen LogP contribution < -0.4 is 0 Å². The fourth-order valence-electron chi connectivity index (χ4n) is 3.67. The highest BCUT2D eigenvalue weighted by atomic mass is 28.3. The van der Waals surface area contributed by atoms with Crippen LogP contribution in [0.5, 0.6) is 0 Å². The Morgan fingerprint density at radius 1 is 1.16 bits per heavy atom. The summed E-state index contributed by atoms with van der Waals surface area (Å²) in [5, 5.41) is 2.37. The first-order valence-electron chi connectivity index (χ1n) is 10.6. The molecule has 0 fully saturated rings. The molecule has 1 aromatic carbocycles. The van der Waals surface area contributed by atoms with E-state index in [4.69, 9.17) is 9.57 Å². The average molecular weight is 442 g/mol. The number of hydroxylamine groups is 2. The first-order valence-corrected chi connectivity index (χ1v) is 14.3. The Labute approximate surface area is 182 Å². The summed E-state index contributed by atoms with van der Waals surface area (Å²) in [5.41, 5.74) is 3.33. The van der Waals surface area contributed by atoms with E-state index in [0.717, 1.165) is 28.1 Å². The van der Waals surface area contributed by atoms with E-state index in [-0.39, 0.29) is 18.5 Å². The minimum atomic E-state index is -1.15. The van der Waals surface area contributed by atoms with Gasteiger partial charge in [0.05, 0.1) is 18.3 Å². The number of pyridine rings is 1. The third kappa shape index (κ3) is 5.03. The second-order valence-corrected chi connectivity index (χ2v) is 14.7. The van der Waals surface area contributed by atoms with E-state index in [0.29, 0.717) is 31.8 Å². The molecule has 0 N–H and O–H groups in total. The first kappa shape index (κ1) is 21.7. The molecule has 0 unspecified atom stereocenters. The number of carbonyl (C=O) groups excluding carboxylic acids is 1. The monoisotopic (exact) mass is 441 g/mol. The van der Waals surface area contributed by atoms with Gasteiger partial charge in [-0.3, -0.25) is 4.79 Å². The molecule has 6 nitrogen and oxygen atoms in total. The van der Waals surface area contributed by atoms with Gasteiger partial charge in [0.15, 0.2) is 6.79 Å². The van der Waals surface area contributed by atoms with Crippen molar-refractivity contribution in [2.24, 2.45) is 0 Å². The highest BCUT2D eigenvalue weighted by Crippen LogP contribution is 2.27. The zero-order chi connectivity index (χ0) is 22.0. The molecule has 0 aliphatic carbocycles. The molecule has 1 amide bonds. The number of nitrogens with zero attached hydrogens (tertiary/aromatic N) is 3. The van der Waals surface area contributed by atoms with Crippen molar-refractivity contribution in [1.82, 2.24) is 14.6 Å². The third-order valence-electron chi connectivity index (χ3n) is 5.48. The summed E-state index contributed by atoms with van der Waals surface area (Å²) < 4.78 is 20.8. The molecule has 0 saturated heterocycles. The maximum atomic E-state index is 13.2. The molecule has 4 rings (SSSR count). The Kier molecular flexibility index (Phi) is 6.22. The molecular formula is C23H28FN3O3Si. The van der Waals surface area contributed by atoms with Crippen LogP contribution in [0.15, 0.2) is 42.7 Å². The van der Waals surface area contributed by atoms with Gasteiger partial charge in [0.1, 0.15) is 11.5 Å². The summed E-state index contributed by atoms with van der Waals surface area (Å²) in [7, 11) is -1.15. The summed E-state index contributed by atoms with van der Waals surface area (Å²) in [6, 6.07) is 9.55. The Bertz CT molecular complexity index is 1080. The van der Waals surface area contributed by atoms with Crippen molar-refractivity contribution in [2.75, 3.05) is 19.9 Å². The summed E-state index contributed by atoms with van der Waals surface area (Å²) >= 11 is 0. The minimum Gasteiger partial charge on any atom is -0.353 e. The lowest BCUT2D eigenvalue weighted by atomic mass is 10.0. The fourth-order valence-corrected chi connectivity index (χ4v) is 4.43. The van der Waals surface area contributed by atoms with Crippen LogP contribution >= 0.6 is 0 Å². The van der Waals surface area contributed by atoms with Gasteiger partial charge in [0.2, 0.25) is 0 Å². The quantitative estimate of drug-likeness (QED) is 0.294. The van der Waals surface area contributed by atoms with Gasteiger partial charge in [-0.2, -0.15) is 0 Å². The molecule has 3 heterocycles. The first-order chi connectivity index (χ1) is 14.8. The minimum absolute atomic E-state index is 0.0713. The van der Waals surface area contributed by atoms with E-state index in [2.05, 4.69) is 29.2 Å². The highest BCUT2D eigenvalue weighted by molar-refractivity contribution is 6.76. The van der Waals surface area contributed by atoms with Crippen LogP contribution in [0.1, 0.15) is 21.6 Å². The fraction of sp³-hybridized carbons (Fsp3) is 0.391. The van der Waals surface area contributed by atoms with Crippen LogP contribution in [0.2, 0.25) is 25.7 Å². The van der Waals surface area contributed by atoms with Crippen LogP contribution in [-0.2, 0) is 22.5 Å². The van der Waals surface area contributed by atoms with E-state index in [9.17, 15) is 9.18 Å². The predicted molar refractivity (Wildman–Crippen MR) is 120 cm³/mol. The zero-order valence-corrected chi connectivity index (χ0v) is 19.2. The van der Waals surface area contributed by atoms with Gasteiger partial charge in [0.25, 0.3) is 5.91 Å². The SMILES string of the molecule is C[Si](C)(C)CCOCON1CCc2c(ncc3c2ccn3Cc2ccc(F)cc2)C1=O. The Morgan fingerprint density at radius 2 is 1.94 bits per heavy atom. The molecule has 1 aliphatic heterocycles. The molecule has 31 heavy (non-hydrogen) atoms. The maximum Gasteiger partial charge on any atom is 0.296 e. The summed E-state index contributed by atoms with van der Waals surface area (Å²) in [6.07, 6.45) is 4.38. The molecule has 8 heteroatoms. The van der Waals surface area contributed by atoms with Gasteiger partial charge in [0, 0.05) is 32.8 Å². The molecule has 0 saturated carbocycles. The van der Waals surface area contributed by atoms with Crippen LogP contribution in [0.4, 0.5) is 4.39 Å². The molecular weight excluding hydrogens is 413 g/mol. The van der Waals surface area contributed by atoms with E-state index < -0.39 is 8.07 Å². The number of hydrogen-bond acceptors (Lipinski definition) is 4. The van der Waals surface area contributed by atoms with E-state index >= 15 is 0 Å². The summed E-state index contributed by atoms with van der Waals surface area (Å²) in [4.78, 5) is 22.9. The van der Waals surface area contributed by atoms with Crippen molar-refractivity contribution in [3.63, 3.8) is 0 Å². The van der Waals surface area contributed by atoms with Crippen molar-refractivity contribution >= 4 is 24.9 Å². The number of benzene rings is 1. The van der Waals surface area contributed by atoms with Crippen molar-refractivity contribution in [3.8, 4) is 0 Å². The topological polar surface area (TPSA) is 56.6 Å². The number of rotatable bonds is 8. The number of hydrogen-bond donors (Lipinski definition) is 0. The smallest absolute Gasteiger partial charge is 0.296 e. The molecule has 0 spiro atoms. The third-order valence-corrected chi connectivity index (χ3v) is 7.19. The van der Waals surface area contributed by atoms with E-state index in [1.165, 1.54) is 17.2 Å².